The Kier molecular flexibility index (Phi) is 7.96. The number of carbonyl (C=O) groups excluding carboxylic acids is 1. The highest BCUT2D eigenvalue weighted by atomic mass is 16.5. The molecule has 1 spiro atoms. The molecule has 4 nitrogen and oxygen atoms in total. The van der Waals surface area contributed by atoms with Crippen LogP contribution in [0.25, 0.3) is 0 Å². The highest BCUT2D eigenvalue weighted by molar-refractivity contribution is 5.76. The molecule has 1 amide bonds. The first-order valence-corrected chi connectivity index (χ1v) is 10.8. The molecular formula is C22H42N2O2. The van der Waals surface area contributed by atoms with Crippen molar-refractivity contribution >= 4 is 5.91 Å². The molecule has 0 radical (unpaired) electrons. The minimum absolute atomic E-state index is 0.287. The first kappa shape index (κ1) is 21.7. The molecule has 4 heteroatoms. The summed E-state index contributed by atoms with van der Waals surface area (Å²) in [6, 6.07) is 0.664. The Labute approximate surface area is 161 Å². The van der Waals surface area contributed by atoms with E-state index in [-0.39, 0.29) is 5.91 Å². The maximum atomic E-state index is 12.4. The fraction of sp³-hybridized carbons (Fsp3) is 0.955. The van der Waals surface area contributed by atoms with Gasteiger partial charge in [0, 0.05) is 25.7 Å². The lowest BCUT2D eigenvalue weighted by atomic mass is 9.71. The van der Waals surface area contributed by atoms with E-state index in [1.54, 1.807) is 0 Å². The van der Waals surface area contributed by atoms with Crippen LogP contribution in [0.2, 0.25) is 0 Å². The van der Waals surface area contributed by atoms with E-state index in [1.165, 1.54) is 45.2 Å². The zero-order valence-electron chi connectivity index (χ0n) is 18.0. The van der Waals surface area contributed by atoms with Gasteiger partial charge in [0.15, 0.2) is 0 Å². The van der Waals surface area contributed by atoms with Crippen molar-refractivity contribution in [3.63, 3.8) is 0 Å². The lowest BCUT2D eigenvalue weighted by molar-refractivity contribution is -0.135. The quantitative estimate of drug-likeness (QED) is 0.629. The average Bonchev–Trinajstić information content (AvgIpc) is 2.58. The molecule has 2 heterocycles. The number of nitrogens with zero attached hydrogens (tertiary/aromatic N) is 2. The number of hydrogen-bond donors (Lipinski definition) is 0. The highest BCUT2D eigenvalue weighted by Crippen LogP contribution is 2.41. The Morgan fingerprint density at radius 1 is 1.00 bits per heavy atom. The number of hydrogen-bond acceptors (Lipinski definition) is 3. The molecule has 2 rings (SSSR count). The average molecular weight is 367 g/mol. The van der Waals surface area contributed by atoms with Crippen LogP contribution in [0.1, 0.15) is 79.6 Å². The van der Waals surface area contributed by atoms with Gasteiger partial charge in [-0.2, -0.15) is 0 Å². The van der Waals surface area contributed by atoms with Gasteiger partial charge in [0.1, 0.15) is 0 Å². The van der Waals surface area contributed by atoms with Gasteiger partial charge in [-0.15, -0.1) is 0 Å². The molecule has 0 bridgehead atoms. The second-order valence-corrected chi connectivity index (χ2v) is 10.0. The smallest absolute Gasteiger partial charge is 0.224 e. The maximum Gasteiger partial charge on any atom is 0.224 e. The van der Waals surface area contributed by atoms with E-state index in [1.807, 2.05) is 0 Å². The number of ether oxygens (including phenoxy) is 1. The predicted molar refractivity (Wildman–Crippen MR) is 108 cm³/mol. The van der Waals surface area contributed by atoms with Gasteiger partial charge in [0.05, 0.1) is 13.0 Å². The van der Waals surface area contributed by atoms with Crippen LogP contribution in [0.15, 0.2) is 0 Å². The third kappa shape index (κ3) is 6.84. The molecular weight excluding hydrogens is 324 g/mol. The van der Waals surface area contributed by atoms with Gasteiger partial charge < -0.3 is 14.5 Å². The molecule has 0 aromatic carbocycles. The number of rotatable bonds is 7. The zero-order valence-corrected chi connectivity index (χ0v) is 18.0. The van der Waals surface area contributed by atoms with Gasteiger partial charge in [0.25, 0.3) is 0 Å². The van der Waals surface area contributed by atoms with E-state index in [0.717, 1.165) is 26.1 Å². The summed E-state index contributed by atoms with van der Waals surface area (Å²) in [7, 11) is 0. The topological polar surface area (TPSA) is 32.8 Å². The van der Waals surface area contributed by atoms with Gasteiger partial charge in [-0.1, -0.05) is 20.8 Å². The third-order valence-corrected chi connectivity index (χ3v) is 6.44. The van der Waals surface area contributed by atoms with Crippen molar-refractivity contribution in [2.45, 2.75) is 85.6 Å². The van der Waals surface area contributed by atoms with Gasteiger partial charge >= 0.3 is 0 Å². The van der Waals surface area contributed by atoms with Crippen LogP contribution in [-0.2, 0) is 9.53 Å². The monoisotopic (exact) mass is 366 g/mol. The van der Waals surface area contributed by atoms with E-state index in [9.17, 15) is 4.79 Å². The van der Waals surface area contributed by atoms with Crippen molar-refractivity contribution in [2.24, 2.45) is 10.8 Å². The fourth-order valence-electron chi connectivity index (χ4n) is 4.37. The predicted octanol–water partition coefficient (Wildman–Crippen LogP) is 4.33. The first-order chi connectivity index (χ1) is 12.2. The maximum absolute atomic E-state index is 12.4. The van der Waals surface area contributed by atoms with Crippen LogP contribution >= 0.6 is 0 Å². The molecule has 152 valence electrons. The Hall–Kier alpha value is -0.610. The van der Waals surface area contributed by atoms with Crippen molar-refractivity contribution in [1.29, 1.82) is 0 Å². The molecule has 2 aliphatic rings. The number of amides is 1. The molecule has 0 N–H and O–H groups in total. The third-order valence-electron chi connectivity index (χ3n) is 6.44. The van der Waals surface area contributed by atoms with Crippen LogP contribution in [0, 0.1) is 10.8 Å². The lowest BCUT2D eigenvalue weighted by Gasteiger charge is -2.47. The minimum atomic E-state index is 0.287. The lowest BCUT2D eigenvalue weighted by Crippen LogP contribution is -2.49. The van der Waals surface area contributed by atoms with Crippen molar-refractivity contribution < 1.29 is 9.53 Å². The van der Waals surface area contributed by atoms with Crippen molar-refractivity contribution in [1.82, 2.24) is 9.80 Å². The summed E-state index contributed by atoms with van der Waals surface area (Å²) in [5.74, 6) is 0.287. The zero-order chi connectivity index (χ0) is 19.2. The fourth-order valence-corrected chi connectivity index (χ4v) is 4.37. The molecule has 0 atom stereocenters. The molecule has 0 saturated carbocycles. The molecule has 26 heavy (non-hydrogen) atoms. The second kappa shape index (κ2) is 9.54. The highest BCUT2D eigenvalue weighted by Gasteiger charge is 2.38. The first-order valence-electron chi connectivity index (χ1n) is 10.8. The van der Waals surface area contributed by atoms with Crippen molar-refractivity contribution in [3.8, 4) is 0 Å². The standard InChI is InChI=1S/C22H42N2O2/c1-19(2)23-13-9-22(10-14-23)11-15-24(16-12-22)20(25)7-18-26-17-6-8-21(3,4)5/h19H,6-18H2,1-5H3. The van der Waals surface area contributed by atoms with Gasteiger partial charge in [-0.05, 0) is 76.3 Å². The SMILES string of the molecule is CC(C)N1CCC2(CCN(C(=O)CCOCCCC(C)(C)C)CC2)CC1. The van der Waals surface area contributed by atoms with E-state index >= 15 is 0 Å². The van der Waals surface area contributed by atoms with Crippen LogP contribution < -0.4 is 0 Å². The summed E-state index contributed by atoms with van der Waals surface area (Å²) in [5, 5.41) is 0. The summed E-state index contributed by atoms with van der Waals surface area (Å²) >= 11 is 0. The van der Waals surface area contributed by atoms with Crippen LogP contribution in [0.3, 0.4) is 0 Å². The summed E-state index contributed by atoms with van der Waals surface area (Å²) in [6.45, 7) is 17.1. The molecule has 0 unspecified atom stereocenters. The van der Waals surface area contributed by atoms with Crippen LogP contribution in [-0.4, -0.2) is 61.1 Å². The number of piperidine rings is 2. The summed E-state index contributed by atoms with van der Waals surface area (Å²) < 4.78 is 5.68. The van der Waals surface area contributed by atoms with Crippen molar-refractivity contribution in [2.75, 3.05) is 39.4 Å². The molecule has 0 aromatic heterocycles. The van der Waals surface area contributed by atoms with Gasteiger partial charge in [0.2, 0.25) is 5.91 Å². The summed E-state index contributed by atoms with van der Waals surface area (Å²) in [6.07, 6.45) is 7.80. The Morgan fingerprint density at radius 3 is 2.12 bits per heavy atom. The van der Waals surface area contributed by atoms with E-state index in [2.05, 4.69) is 44.4 Å². The normalized spacial score (nSPS) is 21.5. The van der Waals surface area contributed by atoms with Gasteiger partial charge in [-0.25, -0.2) is 0 Å². The van der Waals surface area contributed by atoms with E-state index in [4.69, 9.17) is 4.74 Å². The molecule has 0 aromatic rings. The second-order valence-electron chi connectivity index (χ2n) is 10.0. The number of likely N-dealkylation sites (tertiary alicyclic amines) is 2. The Morgan fingerprint density at radius 2 is 1.58 bits per heavy atom. The molecule has 2 fully saturated rings. The minimum Gasteiger partial charge on any atom is -0.381 e. The molecule has 2 aliphatic heterocycles. The summed E-state index contributed by atoms with van der Waals surface area (Å²) in [5.41, 5.74) is 0.875. The van der Waals surface area contributed by atoms with Crippen molar-refractivity contribution in [3.05, 3.63) is 0 Å². The van der Waals surface area contributed by atoms with E-state index < -0.39 is 0 Å². The Bertz CT molecular complexity index is 424. The van der Waals surface area contributed by atoms with Crippen LogP contribution in [0.5, 0.6) is 0 Å². The largest absolute Gasteiger partial charge is 0.381 e. The van der Waals surface area contributed by atoms with Crippen LogP contribution in [0.4, 0.5) is 0 Å². The molecule has 2 saturated heterocycles. The summed E-state index contributed by atoms with van der Waals surface area (Å²) in [4.78, 5) is 17.1. The van der Waals surface area contributed by atoms with Gasteiger partial charge in [-0.3, -0.25) is 4.79 Å². The Balaban J connectivity index is 1.60. The molecule has 0 aliphatic carbocycles. The van der Waals surface area contributed by atoms with E-state index in [0.29, 0.717) is 29.9 Å². The number of carbonyl (C=O) groups is 1.